The molecule has 1 aromatic rings. The number of alkyl halides is 3. The summed E-state index contributed by atoms with van der Waals surface area (Å²) in [5.74, 6) is -0.361. The van der Waals surface area contributed by atoms with Crippen LogP contribution >= 0.6 is 0 Å². The molecular weight excluding hydrogens is 377 g/mol. The number of aromatic hydroxyl groups is 1. The molecule has 1 aromatic carbocycles. The van der Waals surface area contributed by atoms with Crippen molar-refractivity contribution in [3.8, 4) is 5.75 Å². The van der Waals surface area contributed by atoms with Crippen molar-refractivity contribution in [2.24, 2.45) is 5.73 Å². The smallest absolute Gasteiger partial charge is 0.416 e. The van der Waals surface area contributed by atoms with E-state index in [0.717, 1.165) is 24.1 Å². The fraction of sp³-hybridized carbons (Fsp3) is 0.478. The van der Waals surface area contributed by atoms with Gasteiger partial charge < -0.3 is 10.8 Å². The van der Waals surface area contributed by atoms with Crippen molar-refractivity contribution >= 4 is 0 Å². The zero-order valence-electron chi connectivity index (χ0n) is 18.6. The van der Waals surface area contributed by atoms with Gasteiger partial charge >= 0.3 is 6.18 Å². The Kier molecular flexibility index (Phi) is 11.4. The number of likely N-dealkylation sites (N-methyl/N-ethyl adjacent to an activating group) is 1. The number of phenolic OH excluding ortho intramolecular Hbond substituents is 1. The quantitative estimate of drug-likeness (QED) is 0.503. The van der Waals surface area contributed by atoms with Crippen LogP contribution in [0.5, 0.6) is 5.75 Å². The highest BCUT2D eigenvalue weighted by atomic mass is 19.4. The summed E-state index contributed by atoms with van der Waals surface area (Å²) in [6.07, 6.45) is 4.03. The minimum absolute atomic E-state index is 0.361. The Morgan fingerprint density at radius 3 is 2.28 bits per heavy atom. The number of hydrogen-bond acceptors (Lipinski definition) is 3. The van der Waals surface area contributed by atoms with Crippen molar-refractivity contribution in [2.45, 2.75) is 60.2 Å². The molecule has 3 N–H and O–H groups in total. The van der Waals surface area contributed by atoms with Gasteiger partial charge in [-0.25, -0.2) is 0 Å². The van der Waals surface area contributed by atoms with Gasteiger partial charge in [-0.1, -0.05) is 50.6 Å². The predicted molar refractivity (Wildman–Crippen MR) is 116 cm³/mol. The molecule has 0 heterocycles. The van der Waals surface area contributed by atoms with E-state index in [2.05, 4.69) is 0 Å². The standard InChI is InChI=1S/C21H29F3N2O.C2H6/c1-6-7-8-9-14(2)20(26(5)11-10-16(4)25)19-15(3)12-17(13-18(19)27)21(22,23)24;1-2/h7-10,12-13,20,27H,6,11,25H2,1-5H3;1-2H3/b8-7-,14-9+,16-10+;. The lowest BCUT2D eigenvalue weighted by Crippen LogP contribution is -2.27. The molecule has 3 nitrogen and oxygen atoms in total. The minimum atomic E-state index is -4.50. The van der Waals surface area contributed by atoms with Gasteiger partial charge in [0.2, 0.25) is 0 Å². The summed E-state index contributed by atoms with van der Waals surface area (Å²) in [5.41, 5.74) is 7.28. The van der Waals surface area contributed by atoms with Crippen LogP contribution in [0.3, 0.4) is 0 Å². The van der Waals surface area contributed by atoms with Gasteiger partial charge in [-0.15, -0.1) is 0 Å². The largest absolute Gasteiger partial charge is 0.508 e. The Balaban J connectivity index is 0.00000379. The molecule has 1 atom stereocenters. The number of nitrogens with zero attached hydrogens (tertiary/aromatic N) is 1. The second-order valence-electron chi connectivity index (χ2n) is 6.76. The van der Waals surface area contributed by atoms with E-state index < -0.39 is 11.7 Å². The molecule has 0 radical (unpaired) electrons. The van der Waals surface area contributed by atoms with Gasteiger partial charge in [-0.3, -0.25) is 4.90 Å². The lowest BCUT2D eigenvalue weighted by atomic mass is 9.91. The summed E-state index contributed by atoms with van der Waals surface area (Å²) in [6.45, 7) is 11.8. The van der Waals surface area contributed by atoms with E-state index in [1.54, 1.807) is 13.8 Å². The number of phenols is 1. The van der Waals surface area contributed by atoms with Crippen LogP contribution in [-0.4, -0.2) is 23.6 Å². The fourth-order valence-corrected chi connectivity index (χ4v) is 2.94. The Morgan fingerprint density at radius 2 is 1.83 bits per heavy atom. The van der Waals surface area contributed by atoms with E-state index in [-0.39, 0.29) is 11.8 Å². The number of halogens is 3. The second-order valence-corrected chi connectivity index (χ2v) is 6.76. The molecule has 0 spiro atoms. The highest BCUT2D eigenvalue weighted by Crippen LogP contribution is 2.40. The number of aryl methyl sites for hydroxylation is 1. The highest BCUT2D eigenvalue weighted by molar-refractivity contribution is 5.48. The topological polar surface area (TPSA) is 49.5 Å². The number of allylic oxidation sites excluding steroid dienone is 4. The molecule has 0 saturated heterocycles. The average Bonchev–Trinajstić information content (AvgIpc) is 2.63. The summed E-state index contributed by atoms with van der Waals surface area (Å²) in [5, 5.41) is 10.4. The van der Waals surface area contributed by atoms with Gasteiger partial charge in [0.25, 0.3) is 0 Å². The molecular formula is C23H35F3N2O. The van der Waals surface area contributed by atoms with Crippen LogP contribution in [0.25, 0.3) is 0 Å². The molecule has 0 aromatic heterocycles. The third-order valence-electron chi connectivity index (χ3n) is 4.27. The Bertz CT molecular complexity index is 707. The Hall–Kier alpha value is -2.21. The third-order valence-corrected chi connectivity index (χ3v) is 4.27. The maximum atomic E-state index is 13.0. The van der Waals surface area contributed by atoms with Crippen LogP contribution in [0.15, 0.2) is 47.7 Å². The summed E-state index contributed by atoms with van der Waals surface area (Å²) < 4.78 is 39.1. The monoisotopic (exact) mass is 412 g/mol. The molecule has 0 aliphatic heterocycles. The maximum absolute atomic E-state index is 13.0. The molecule has 1 unspecified atom stereocenters. The van der Waals surface area contributed by atoms with E-state index in [1.807, 2.05) is 63.9 Å². The van der Waals surface area contributed by atoms with Crippen molar-refractivity contribution < 1.29 is 18.3 Å². The van der Waals surface area contributed by atoms with Crippen molar-refractivity contribution in [1.82, 2.24) is 4.90 Å². The van der Waals surface area contributed by atoms with Crippen LogP contribution in [0.2, 0.25) is 0 Å². The van der Waals surface area contributed by atoms with Crippen LogP contribution in [0.1, 0.15) is 63.8 Å². The lowest BCUT2D eigenvalue weighted by molar-refractivity contribution is -0.137. The maximum Gasteiger partial charge on any atom is 0.416 e. The molecule has 29 heavy (non-hydrogen) atoms. The first-order chi connectivity index (χ1) is 13.5. The lowest BCUT2D eigenvalue weighted by Gasteiger charge is -2.31. The Labute approximate surface area is 173 Å². The molecule has 0 amide bonds. The van der Waals surface area contributed by atoms with Crippen LogP contribution in [-0.2, 0) is 6.18 Å². The van der Waals surface area contributed by atoms with E-state index in [4.69, 9.17) is 5.73 Å². The number of rotatable bonds is 7. The van der Waals surface area contributed by atoms with Crippen molar-refractivity contribution in [3.63, 3.8) is 0 Å². The van der Waals surface area contributed by atoms with E-state index in [0.29, 0.717) is 23.4 Å². The summed E-state index contributed by atoms with van der Waals surface area (Å²) >= 11 is 0. The third kappa shape index (κ3) is 8.36. The number of nitrogens with two attached hydrogens (primary N) is 1. The SMILES string of the molecule is CC.CC/C=C\C=C(/C)C(c1c(C)cc(C(F)(F)F)cc1O)N(C)C/C=C(\C)N. The van der Waals surface area contributed by atoms with Gasteiger partial charge in [0.05, 0.1) is 11.6 Å². The average molecular weight is 413 g/mol. The predicted octanol–water partition coefficient (Wildman–Crippen LogP) is 6.49. The van der Waals surface area contributed by atoms with E-state index in [1.165, 1.54) is 0 Å². The van der Waals surface area contributed by atoms with E-state index in [9.17, 15) is 18.3 Å². The first kappa shape index (κ1) is 26.8. The van der Waals surface area contributed by atoms with Crippen LogP contribution in [0, 0.1) is 6.92 Å². The minimum Gasteiger partial charge on any atom is -0.508 e. The zero-order chi connectivity index (χ0) is 22.8. The normalized spacial score (nSPS) is 14.2. The second kappa shape index (κ2) is 12.4. The first-order valence-electron chi connectivity index (χ1n) is 9.85. The highest BCUT2D eigenvalue weighted by Gasteiger charge is 2.33. The molecule has 6 heteroatoms. The summed E-state index contributed by atoms with van der Waals surface area (Å²) in [6, 6.07) is 1.49. The zero-order valence-corrected chi connectivity index (χ0v) is 18.6. The first-order valence-corrected chi connectivity index (χ1v) is 9.85. The number of hydrogen-bond donors (Lipinski definition) is 2. The number of benzene rings is 1. The van der Waals surface area contributed by atoms with Gasteiger partial charge in [-0.05, 0) is 51.9 Å². The van der Waals surface area contributed by atoms with Crippen LogP contribution < -0.4 is 5.73 Å². The molecule has 1 rings (SSSR count). The molecule has 0 bridgehead atoms. The van der Waals surface area contributed by atoms with E-state index >= 15 is 0 Å². The Morgan fingerprint density at radius 1 is 1.24 bits per heavy atom. The van der Waals surface area contributed by atoms with Gasteiger partial charge in [0.1, 0.15) is 5.75 Å². The van der Waals surface area contributed by atoms with Gasteiger partial charge in [0, 0.05) is 17.8 Å². The molecule has 0 aliphatic carbocycles. The molecule has 0 fully saturated rings. The van der Waals surface area contributed by atoms with Crippen molar-refractivity contribution in [2.75, 3.05) is 13.6 Å². The molecule has 0 aliphatic rings. The van der Waals surface area contributed by atoms with Crippen molar-refractivity contribution in [1.29, 1.82) is 0 Å². The van der Waals surface area contributed by atoms with Crippen LogP contribution in [0.4, 0.5) is 13.2 Å². The van der Waals surface area contributed by atoms with Crippen molar-refractivity contribution in [3.05, 3.63) is 64.4 Å². The fourth-order valence-electron chi connectivity index (χ4n) is 2.94. The summed E-state index contributed by atoms with van der Waals surface area (Å²) in [4.78, 5) is 1.94. The van der Waals surface area contributed by atoms with Gasteiger partial charge in [-0.2, -0.15) is 13.2 Å². The summed E-state index contributed by atoms with van der Waals surface area (Å²) in [7, 11) is 1.85. The van der Waals surface area contributed by atoms with Gasteiger partial charge in [0.15, 0.2) is 0 Å². The molecule has 0 saturated carbocycles. The molecule has 164 valence electrons.